The van der Waals surface area contributed by atoms with E-state index < -0.39 is 5.92 Å². The molecule has 29 heavy (non-hydrogen) atoms. The van der Waals surface area contributed by atoms with Gasteiger partial charge in [0.15, 0.2) is 0 Å². The lowest BCUT2D eigenvalue weighted by Crippen LogP contribution is -2.14. The SMILES string of the molecule is O=C1Nc2ccc(/C=C/c3ccc(F)cc3)cc2C1c1ccc2ccccc2n1. The van der Waals surface area contributed by atoms with Crippen LogP contribution in [0.4, 0.5) is 10.1 Å². The van der Waals surface area contributed by atoms with E-state index in [0.29, 0.717) is 0 Å². The van der Waals surface area contributed by atoms with Crippen LogP contribution in [0.25, 0.3) is 23.1 Å². The highest BCUT2D eigenvalue weighted by molar-refractivity contribution is 6.05. The van der Waals surface area contributed by atoms with Crippen molar-refractivity contribution in [2.45, 2.75) is 5.92 Å². The molecule has 0 fully saturated rings. The summed E-state index contributed by atoms with van der Waals surface area (Å²) in [6.07, 6.45) is 3.88. The monoisotopic (exact) mass is 380 g/mol. The van der Waals surface area contributed by atoms with Gasteiger partial charge in [-0.1, -0.05) is 54.6 Å². The number of hydrogen-bond donors (Lipinski definition) is 1. The number of carbonyl (C=O) groups excluding carboxylic acids is 1. The van der Waals surface area contributed by atoms with E-state index in [2.05, 4.69) is 5.32 Å². The molecular weight excluding hydrogens is 363 g/mol. The maximum atomic E-state index is 13.1. The van der Waals surface area contributed by atoms with Crippen molar-refractivity contribution in [3.8, 4) is 0 Å². The fourth-order valence-corrected chi connectivity index (χ4v) is 3.69. The molecule has 1 aliphatic rings. The molecule has 3 aromatic carbocycles. The first kappa shape index (κ1) is 17.3. The summed E-state index contributed by atoms with van der Waals surface area (Å²) in [6, 6.07) is 24.0. The molecule has 1 atom stereocenters. The summed E-state index contributed by atoms with van der Waals surface area (Å²) in [6.45, 7) is 0. The summed E-state index contributed by atoms with van der Waals surface area (Å²) >= 11 is 0. The molecule has 1 unspecified atom stereocenters. The first-order valence-electron chi connectivity index (χ1n) is 9.41. The average molecular weight is 380 g/mol. The Hall–Kier alpha value is -3.79. The standard InChI is InChI=1S/C25H17FN2O/c26-19-11-7-16(8-12-19)5-6-17-9-13-22-20(15-17)24(25(29)28-22)23-14-10-18-3-1-2-4-21(18)27-23/h1-15,24H,(H,28,29)/b6-5+. The molecule has 1 aromatic heterocycles. The van der Waals surface area contributed by atoms with Gasteiger partial charge in [0, 0.05) is 11.1 Å². The second kappa shape index (κ2) is 6.99. The molecule has 3 nitrogen and oxygen atoms in total. The van der Waals surface area contributed by atoms with Crippen LogP contribution in [0.1, 0.15) is 28.3 Å². The molecule has 4 aromatic rings. The zero-order chi connectivity index (χ0) is 19.8. The molecule has 1 N–H and O–H groups in total. The van der Waals surface area contributed by atoms with E-state index in [1.54, 1.807) is 12.1 Å². The lowest BCUT2D eigenvalue weighted by Gasteiger charge is -2.10. The number of hydrogen-bond acceptors (Lipinski definition) is 2. The number of benzene rings is 3. The Labute approximate surface area is 167 Å². The highest BCUT2D eigenvalue weighted by Gasteiger charge is 2.33. The van der Waals surface area contributed by atoms with E-state index in [1.807, 2.05) is 66.7 Å². The number of fused-ring (bicyclic) bond motifs is 2. The Morgan fingerprint density at radius 1 is 0.862 bits per heavy atom. The maximum absolute atomic E-state index is 13.1. The Bertz CT molecular complexity index is 1260. The summed E-state index contributed by atoms with van der Waals surface area (Å²) in [5.74, 6) is -0.758. The number of halogens is 1. The van der Waals surface area contributed by atoms with E-state index in [0.717, 1.165) is 39.0 Å². The van der Waals surface area contributed by atoms with Crippen LogP contribution in [-0.4, -0.2) is 10.9 Å². The second-order valence-corrected chi connectivity index (χ2v) is 7.08. The molecular formula is C25H17FN2O. The van der Waals surface area contributed by atoms with Crippen LogP contribution in [0, 0.1) is 5.82 Å². The van der Waals surface area contributed by atoms with Crippen LogP contribution >= 0.6 is 0 Å². The second-order valence-electron chi connectivity index (χ2n) is 7.08. The summed E-state index contributed by atoms with van der Waals surface area (Å²) in [5, 5.41) is 4.00. The lowest BCUT2D eigenvalue weighted by atomic mass is 9.94. The fourth-order valence-electron chi connectivity index (χ4n) is 3.69. The number of nitrogens with zero attached hydrogens (tertiary/aromatic N) is 1. The van der Waals surface area contributed by atoms with Crippen LogP contribution in [0.3, 0.4) is 0 Å². The van der Waals surface area contributed by atoms with Gasteiger partial charge in [-0.15, -0.1) is 0 Å². The summed E-state index contributed by atoms with van der Waals surface area (Å²) in [4.78, 5) is 17.4. The number of amides is 1. The predicted molar refractivity (Wildman–Crippen MR) is 114 cm³/mol. The van der Waals surface area contributed by atoms with Crippen molar-refractivity contribution in [1.29, 1.82) is 0 Å². The van der Waals surface area contributed by atoms with Gasteiger partial charge in [-0.3, -0.25) is 9.78 Å². The third-order valence-electron chi connectivity index (χ3n) is 5.16. The third-order valence-corrected chi connectivity index (χ3v) is 5.16. The maximum Gasteiger partial charge on any atom is 0.238 e. The van der Waals surface area contributed by atoms with E-state index in [-0.39, 0.29) is 11.7 Å². The summed E-state index contributed by atoms with van der Waals surface area (Å²) < 4.78 is 13.1. The minimum Gasteiger partial charge on any atom is -0.325 e. The molecule has 0 saturated heterocycles. The van der Waals surface area contributed by atoms with Crippen molar-refractivity contribution >= 4 is 34.6 Å². The number of rotatable bonds is 3. The van der Waals surface area contributed by atoms with Gasteiger partial charge in [0.1, 0.15) is 11.7 Å². The first-order chi connectivity index (χ1) is 14.2. The molecule has 140 valence electrons. The fraction of sp³-hybridized carbons (Fsp3) is 0.0400. The van der Waals surface area contributed by atoms with E-state index >= 15 is 0 Å². The quantitative estimate of drug-likeness (QED) is 0.468. The van der Waals surface area contributed by atoms with E-state index in [9.17, 15) is 9.18 Å². The molecule has 0 saturated carbocycles. The number of aromatic nitrogens is 1. The van der Waals surface area contributed by atoms with Crippen LogP contribution in [0.2, 0.25) is 0 Å². The van der Waals surface area contributed by atoms with Crippen LogP contribution in [-0.2, 0) is 4.79 Å². The van der Waals surface area contributed by atoms with Crippen LogP contribution < -0.4 is 5.32 Å². The number of anilines is 1. The predicted octanol–water partition coefficient (Wildman–Crippen LogP) is 5.63. The van der Waals surface area contributed by atoms with E-state index in [1.165, 1.54) is 12.1 Å². The normalized spacial score (nSPS) is 15.6. The molecule has 0 aliphatic carbocycles. The molecule has 5 rings (SSSR count). The van der Waals surface area contributed by atoms with Crippen LogP contribution in [0.15, 0.2) is 78.9 Å². The van der Waals surface area contributed by atoms with Gasteiger partial charge in [0.2, 0.25) is 5.91 Å². The molecule has 4 heteroatoms. The highest BCUT2D eigenvalue weighted by atomic mass is 19.1. The Morgan fingerprint density at radius 3 is 2.48 bits per heavy atom. The molecule has 0 radical (unpaired) electrons. The van der Waals surface area contributed by atoms with Gasteiger partial charge in [-0.25, -0.2) is 4.39 Å². The zero-order valence-corrected chi connectivity index (χ0v) is 15.5. The topological polar surface area (TPSA) is 42.0 Å². The Balaban J connectivity index is 1.51. The van der Waals surface area contributed by atoms with Gasteiger partial charge in [0.05, 0.1) is 11.2 Å². The highest BCUT2D eigenvalue weighted by Crippen LogP contribution is 2.37. The van der Waals surface area contributed by atoms with Crippen molar-refractivity contribution in [3.63, 3.8) is 0 Å². The number of nitrogens with one attached hydrogen (secondary N) is 1. The smallest absolute Gasteiger partial charge is 0.238 e. The van der Waals surface area contributed by atoms with Crippen molar-refractivity contribution in [1.82, 2.24) is 4.98 Å². The minimum absolute atomic E-state index is 0.0672. The molecule has 1 amide bonds. The van der Waals surface area contributed by atoms with Gasteiger partial charge >= 0.3 is 0 Å². The van der Waals surface area contributed by atoms with E-state index in [4.69, 9.17) is 4.98 Å². The van der Waals surface area contributed by atoms with Gasteiger partial charge in [0.25, 0.3) is 0 Å². The Morgan fingerprint density at radius 2 is 1.62 bits per heavy atom. The van der Waals surface area contributed by atoms with Gasteiger partial charge < -0.3 is 5.32 Å². The minimum atomic E-state index is -0.436. The number of para-hydroxylation sites is 1. The summed E-state index contributed by atoms with van der Waals surface area (Å²) in [7, 11) is 0. The van der Waals surface area contributed by atoms with Crippen molar-refractivity contribution in [3.05, 3.63) is 107 Å². The number of carbonyl (C=O) groups is 1. The van der Waals surface area contributed by atoms with Gasteiger partial charge in [-0.05, 0) is 53.1 Å². The van der Waals surface area contributed by atoms with Gasteiger partial charge in [-0.2, -0.15) is 0 Å². The van der Waals surface area contributed by atoms with Crippen molar-refractivity contribution in [2.24, 2.45) is 0 Å². The lowest BCUT2D eigenvalue weighted by molar-refractivity contribution is -0.116. The van der Waals surface area contributed by atoms with Crippen LogP contribution in [0.5, 0.6) is 0 Å². The molecule has 1 aliphatic heterocycles. The molecule has 0 spiro atoms. The average Bonchev–Trinajstić information content (AvgIpc) is 3.08. The zero-order valence-electron chi connectivity index (χ0n) is 15.5. The Kier molecular flexibility index (Phi) is 4.17. The first-order valence-corrected chi connectivity index (χ1v) is 9.41. The van der Waals surface area contributed by atoms with Crippen molar-refractivity contribution in [2.75, 3.05) is 5.32 Å². The molecule has 0 bridgehead atoms. The number of pyridine rings is 1. The molecule has 2 heterocycles. The third kappa shape index (κ3) is 3.29. The summed E-state index contributed by atoms with van der Waals surface area (Å²) in [5.41, 5.74) is 5.22. The largest absolute Gasteiger partial charge is 0.325 e. The van der Waals surface area contributed by atoms with Crippen molar-refractivity contribution < 1.29 is 9.18 Å².